The molecule has 0 aliphatic carbocycles. The summed E-state index contributed by atoms with van der Waals surface area (Å²) in [5, 5.41) is 3.15. The van der Waals surface area contributed by atoms with Crippen molar-refractivity contribution in [1.29, 1.82) is 0 Å². The zero-order chi connectivity index (χ0) is 12.6. The van der Waals surface area contributed by atoms with Crippen molar-refractivity contribution in [2.75, 3.05) is 5.32 Å². The van der Waals surface area contributed by atoms with Crippen LogP contribution in [0.1, 0.15) is 20.3 Å². The van der Waals surface area contributed by atoms with Crippen LogP contribution < -0.4 is 11.1 Å². The van der Waals surface area contributed by atoms with Gasteiger partial charge in [0, 0.05) is 6.20 Å². The van der Waals surface area contributed by atoms with E-state index in [1.54, 1.807) is 12.1 Å². The highest BCUT2D eigenvalue weighted by molar-refractivity contribution is 6.30. The molecule has 0 fully saturated rings. The summed E-state index contributed by atoms with van der Waals surface area (Å²) >= 11 is 5.61. The lowest BCUT2D eigenvalue weighted by Gasteiger charge is -2.04. The van der Waals surface area contributed by atoms with Crippen molar-refractivity contribution in [3.63, 3.8) is 0 Å². The van der Waals surface area contributed by atoms with E-state index in [-0.39, 0.29) is 5.70 Å². The number of carbonyl (C=O) groups excluding carboxylic acids is 1. The van der Waals surface area contributed by atoms with Gasteiger partial charge < -0.3 is 11.1 Å². The van der Waals surface area contributed by atoms with E-state index in [1.165, 1.54) is 12.6 Å². The van der Waals surface area contributed by atoms with E-state index in [0.29, 0.717) is 10.8 Å². The molecular weight excluding hydrogens is 226 g/mol. The minimum atomic E-state index is -0.614. The number of nitrogens with zero attached hydrogens (tertiary/aromatic N) is 1. The van der Waals surface area contributed by atoms with Gasteiger partial charge >= 0.3 is 0 Å². The first-order chi connectivity index (χ1) is 7.51. The summed E-state index contributed by atoms with van der Waals surface area (Å²) in [6.45, 7) is 7.66. The Morgan fingerprint density at radius 2 is 2.12 bits per heavy atom. The summed E-state index contributed by atoms with van der Waals surface area (Å²) < 4.78 is 0. The lowest BCUT2D eigenvalue weighted by Crippen LogP contribution is -2.19. The van der Waals surface area contributed by atoms with E-state index < -0.39 is 5.91 Å². The number of nitrogens with one attached hydrogen (secondary N) is 1. The van der Waals surface area contributed by atoms with Crippen molar-refractivity contribution in [1.82, 2.24) is 4.98 Å². The van der Waals surface area contributed by atoms with Gasteiger partial charge in [-0.2, -0.15) is 0 Å². The lowest BCUT2D eigenvalue weighted by molar-refractivity contribution is -0.114. The van der Waals surface area contributed by atoms with Gasteiger partial charge in [0.25, 0.3) is 5.91 Å². The van der Waals surface area contributed by atoms with Crippen molar-refractivity contribution in [2.24, 2.45) is 5.73 Å². The maximum atomic E-state index is 10.6. The van der Waals surface area contributed by atoms with Crippen LogP contribution in [0.5, 0.6) is 0 Å². The molecule has 0 aliphatic rings. The Hall–Kier alpha value is -1.55. The molecular formula is C11H16ClN3O. The van der Waals surface area contributed by atoms with E-state index in [1.807, 2.05) is 0 Å². The molecule has 4 nitrogen and oxygen atoms in total. The first-order valence-electron chi connectivity index (χ1n) is 4.88. The molecule has 1 amide bonds. The zero-order valence-electron chi connectivity index (χ0n) is 9.46. The van der Waals surface area contributed by atoms with Crippen LogP contribution in [0.25, 0.3) is 0 Å². The molecule has 1 aromatic heterocycles. The number of halogens is 1. The lowest BCUT2D eigenvalue weighted by atomic mass is 10.4. The third kappa shape index (κ3) is 6.03. The standard InChI is InChI=1S/C8H8ClN3O.C3H8/c1-5(8(10)13)12-7-3-2-6(9)4-11-7;1-3-2/h2-4H,1H2,(H2,10,13)(H,11,12);3H2,1-2H3. The molecule has 0 saturated heterocycles. The molecule has 0 radical (unpaired) electrons. The van der Waals surface area contributed by atoms with Gasteiger partial charge in [0.15, 0.2) is 0 Å². The second kappa shape index (κ2) is 7.70. The van der Waals surface area contributed by atoms with Gasteiger partial charge in [0.05, 0.1) is 10.7 Å². The monoisotopic (exact) mass is 241 g/mol. The fourth-order valence-electron chi connectivity index (χ4n) is 0.666. The topological polar surface area (TPSA) is 68.0 Å². The average Bonchev–Trinajstić information content (AvgIpc) is 2.22. The Morgan fingerprint density at radius 3 is 2.50 bits per heavy atom. The maximum Gasteiger partial charge on any atom is 0.264 e. The fourth-order valence-corrected chi connectivity index (χ4v) is 0.778. The number of anilines is 1. The second-order valence-electron chi connectivity index (χ2n) is 3.04. The van der Waals surface area contributed by atoms with E-state index >= 15 is 0 Å². The largest absolute Gasteiger partial charge is 0.364 e. The summed E-state index contributed by atoms with van der Waals surface area (Å²) in [5.41, 5.74) is 5.05. The average molecular weight is 242 g/mol. The first-order valence-corrected chi connectivity index (χ1v) is 5.26. The van der Waals surface area contributed by atoms with Crippen molar-refractivity contribution in [2.45, 2.75) is 20.3 Å². The number of aromatic nitrogens is 1. The molecule has 88 valence electrons. The molecule has 5 heteroatoms. The summed E-state index contributed by atoms with van der Waals surface area (Å²) in [4.78, 5) is 14.5. The van der Waals surface area contributed by atoms with Gasteiger partial charge in [0.2, 0.25) is 0 Å². The van der Waals surface area contributed by atoms with Crippen LogP contribution >= 0.6 is 11.6 Å². The van der Waals surface area contributed by atoms with E-state index in [0.717, 1.165) is 0 Å². The first kappa shape index (κ1) is 14.5. The van der Waals surface area contributed by atoms with Crippen LogP contribution in [-0.2, 0) is 4.79 Å². The van der Waals surface area contributed by atoms with Crippen LogP contribution in [0.3, 0.4) is 0 Å². The Morgan fingerprint density at radius 1 is 1.56 bits per heavy atom. The zero-order valence-corrected chi connectivity index (χ0v) is 10.2. The molecule has 0 bridgehead atoms. The number of rotatable bonds is 3. The molecule has 1 heterocycles. The molecule has 0 aliphatic heterocycles. The van der Waals surface area contributed by atoms with Crippen LogP contribution in [0, 0.1) is 0 Å². The van der Waals surface area contributed by atoms with E-state index in [4.69, 9.17) is 17.3 Å². The van der Waals surface area contributed by atoms with Crippen molar-refractivity contribution in [3.8, 4) is 0 Å². The summed E-state index contributed by atoms with van der Waals surface area (Å²) in [6.07, 6.45) is 2.71. The third-order valence-electron chi connectivity index (χ3n) is 1.30. The van der Waals surface area contributed by atoms with Gasteiger partial charge in [-0.25, -0.2) is 4.98 Å². The SMILES string of the molecule is C=C(Nc1ccc(Cl)cn1)C(N)=O.CCC. The molecule has 1 aromatic rings. The molecule has 1 rings (SSSR count). The fraction of sp³-hybridized carbons (Fsp3) is 0.273. The highest BCUT2D eigenvalue weighted by Crippen LogP contribution is 2.10. The number of primary amides is 1. The van der Waals surface area contributed by atoms with Gasteiger partial charge in [-0.3, -0.25) is 4.79 Å². The third-order valence-corrected chi connectivity index (χ3v) is 1.53. The summed E-state index contributed by atoms with van der Waals surface area (Å²) in [5.74, 6) is -0.134. The van der Waals surface area contributed by atoms with Gasteiger partial charge in [-0.1, -0.05) is 38.4 Å². The number of carbonyl (C=O) groups is 1. The minimum Gasteiger partial charge on any atom is -0.364 e. The quantitative estimate of drug-likeness (QED) is 0.800. The number of amides is 1. The Labute approximate surface area is 101 Å². The van der Waals surface area contributed by atoms with Crippen molar-refractivity contribution in [3.05, 3.63) is 35.6 Å². The van der Waals surface area contributed by atoms with Gasteiger partial charge in [-0.05, 0) is 12.1 Å². The van der Waals surface area contributed by atoms with Gasteiger partial charge in [-0.15, -0.1) is 0 Å². The van der Waals surface area contributed by atoms with Crippen LogP contribution in [0.2, 0.25) is 5.02 Å². The number of hydrogen-bond donors (Lipinski definition) is 2. The summed E-state index contributed by atoms with van der Waals surface area (Å²) in [7, 11) is 0. The predicted molar refractivity (Wildman–Crippen MR) is 67.2 cm³/mol. The maximum absolute atomic E-state index is 10.6. The molecule has 16 heavy (non-hydrogen) atoms. The predicted octanol–water partition coefficient (Wildman–Crippen LogP) is 2.56. The Bertz CT molecular complexity index is 349. The highest BCUT2D eigenvalue weighted by Gasteiger charge is 2.01. The van der Waals surface area contributed by atoms with Crippen LogP contribution in [0.15, 0.2) is 30.6 Å². The Kier molecular flexibility index (Phi) is 6.96. The molecule has 0 unspecified atom stereocenters. The Balaban J connectivity index is 0.000000673. The minimum absolute atomic E-state index is 0.0924. The molecule has 0 saturated carbocycles. The number of hydrogen-bond acceptors (Lipinski definition) is 3. The van der Waals surface area contributed by atoms with Crippen molar-refractivity contribution >= 4 is 23.3 Å². The smallest absolute Gasteiger partial charge is 0.264 e. The van der Waals surface area contributed by atoms with E-state index in [9.17, 15) is 4.79 Å². The number of pyridine rings is 1. The van der Waals surface area contributed by atoms with Crippen LogP contribution in [-0.4, -0.2) is 10.9 Å². The highest BCUT2D eigenvalue weighted by atomic mass is 35.5. The number of nitrogens with two attached hydrogens (primary N) is 1. The second-order valence-corrected chi connectivity index (χ2v) is 3.47. The van der Waals surface area contributed by atoms with Crippen LogP contribution in [0.4, 0.5) is 5.82 Å². The molecule has 0 aromatic carbocycles. The normalized spacial score (nSPS) is 8.69. The molecule has 0 atom stereocenters. The molecule has 0 spiro atoms. The van der Waals surface area contributed by atoms with Gasteiger partial charge in [0.1, 0.15) is 5.82 Å². The van der Waals surface area contributed by atoms with E-state index in [2.05, 4.69) is 30.7 Å². The van der Waals surface area contributed by atoms with Crippen molar-refractivity contribution < 1.29 is 4.79 Å². The summed E-state index contributed by atoms with van der Waals surface area (Å²) in [6, 6.07) is 3.27. The molecule has 3 N–H and O–H groups in total.